The van der Waals surface area contributed by atoms with E-state index in [0.717, 1.165) is 44.2 Å². The number of hydrogen-bond donors (Lipinski definition) is 0. The lowest BCUT2D eigenvalue weighted by atomic mass is 9.93. The van der Waals surface area contributed by atoms with Gasteiger partial charge in [-0.15, -0.1) is 11.3 Å². The Labute approximate surface area is 129 Å². The number of aromatic nitrogens is 1. The first-order chi connectivity index (χ1) is 10.2. The summed E-state index contributed by atoms with van der Waals surface area (Å²) in [6.45, 7) is 9.60. The molecule has 0 aliphatic carbocycles. The van der Waals surface area contributed by atoms with Crippen molar-refractivity contribution >= 4 is 17.2 Å². The minimum Gasteiger partial charge on any atom is -0.375 e. The predicted molar refractivity (Wildman–Crippen MR) is 82.7 cm³/mol. The van der Waals surface area contributed by atoms with Crippen LogP contribution in [0.4, 0.5) is 0 Å². The number of likely N-dealkylation sites (tertiary alicyclic amines) is 1. The summed E-state index contributed by atoms with van der Waals surface area (Å²) in [6, 6.07) is 0. The number of fused-ring (bicyclic) bond motifs is 1. The van der Waals surface area contributed by atoms with E-state index in [9.17, 15) is 4.79 Å². The number of piperidine rings is 1. The topological polar surface area (TPSA) is 45.7 Å². The molecule has 1 aromatic heterocycles. The van der Waals surface area contributed by atoms with Crippen LogP contribution in [-0.4, -0.2) is 66.1 Å². The number of rotatable bonds is 2. The molecule has 3 rings (SSSR count). The van der Waals surface area contributed by atoms with Crippen molar-refractivity contribution in [2.75, 3.05) is 39.3 Å². The Morgan fingerprint density at radius 3 is 3.05 bits per heavy atom. The maximum atomic E-state index is 12.5. The van der Waals surface area contributed by atoms with Crippen molar-refractivity contribution in [2.24, 2.45) is 5.92 Å². The van der Waals surface area contributed by atoms with Gasteiger partial charge in [-0.25, -0.2) is 4.98 Å². The second-order valence-corrected chi connectivity index (χ2v) is 6.92. The summed E-state index contributed by atoms with van der Waals surface area (Å²) in [5.41, 5.74) is 0.583. The zero-order valence-electron chi connectivity index (χ0n) is 12.7. The molecule has 1 amide bonds. The number of carbonyl (C=O) groups is 1. The Morgan fingerprint density at radius 1 is 1.48 bits per heavy atom. The van der Waals surface area contributed by atoms with Crippen LogP contribution in [0.15, 0.2) is 5.38 Å². The Morgan fingerprint density at radius 2 is 2.33 bits per heavy atom. The van der Waals surface area contributed by atoms with Gasteiger partial charge in [0.2, 0.25) is 0 Å². The number of hydrogen-bond acceptors (Lipinski definition) is 5. The molecule has 0 bridgehead atoms. The van der Waals surface area contributed by atoms with E-state index in [1.807, 2.05) is 17.2 Å². The van der Waals surface area contributed by atoms with Crippen molar-refractivity contribution in [2.45, 2.75) is 26.4 Å². The predicted octanol–water partition coefficient (Wildman–Crippen LogP) is 1.63. The van der Waals surface area contributed by atoms with E-state index in [1.165, 1.54) is 11.3 Å². The monoisotopic (exact) mass is 309 g/mol. The van der Waals surface area contributed by atoms with Gasteiger partial charge in [0.1, 0.15) is 5.69 Å². The second-order valence-electron chi connectivity index (χ2n) is 5.85. The van der Waals surface area contributed by atoms with E-state index in [0.29, 0.717) is 18.2 Å². The summed E-state index contributed by atoms with van der Waals surface area (Å²) in [6.07, 6.45) is 1.20. The van der Waals surface area contributed by atoms with Crippen LogP contribution in [0.25, 0.3) is 0 Å². The highest BCUT2D eigenvalue weighted by Gasteiger charge is 2.35. The first-order valence-corrected chi connectivity index (χ1v) is 8.60. The molecule has 21 heavy (non-hydrogen) atoms. The minimum atomic E-state index is 0.0537. The van der Waals surface area contributed by atoms with E-state index in [2.05, 4.69) is 16.8 Å². The molecule has 6 heteroatoms. The molecule has 0 radical (unpaired) electrons. The SMILES string of the molecule is CCN1CCOC2CN(C(=O)c3csc(C)n3)CCC2C1. The van der Waals surface area contributed by atoms with Crippen LogP contribution in [-0.2, 0) is 4.74 Å². The molecule has 2 atom stereocenters. The fraction of sp³-hybridized carbons (Fsp3) is 0.733. The Hall–Kier alpha value is -0.980. The number of thiazole rings is 1. The molecule has 2 aliphatic heterocycles. The van der Waals surface area contributed by atoms with Crippen molar-refractivity contribution in [3.05, 3.63) is 16.1 Å². The van der Waals surface area contributed by atoms with Gasteiger partial charge < -0.3 is 14.5 Å². The van der Waals surface area contributed by atoms with Crippen LogP contribution in [0, 0.1) is 12.8 Å². The average molecular weight is 309 g/mol. The van der Waals surface area contributed by atoms with Gasteiger partial charge in [0.25, 0.3) is 5.91 Å². The second kappa shape index (κ2) is 6.42. The van der Waals surface area contributed by atoms with Crippen molar-refractivity contribution in [3.63, 3.8) is 0 Å². The van der Waals surface area contributed by atoms with Gasteiger partial charge >= 0.3 is 0 Å². The molecule has 0 saturated carbocycles. The maximum Gasteiger partial charge on any atom is 0.273 e. The van der Waals surface area contributed by atoms with E-state index in [4.69, 9.17) is 4.74 Å². The van der Waals surface area contributed by atoms with Crippen molar-refractivity contribution < 1.29 is 9.53 Å². The lowest BCUT2D eigenvalue weighted by Gasteiger charge is -2.37. The molecular formula is C15H23N3O2S. The van der Waals surface area contributed by atoms with Crippen LogP contribution in [0.2, 0.25) is 0 Å². The number of likely N-dealkylation sites (N-methyl/N-ethyl adjacent to an activating group) is 1. The summed E-state index contributed by atoms with van der Waals surface area (Å²) >= 11 is 1.53. The van der Waals surface area contributed by atoms with Crippen LogP contribution in [0.3, 0.4) is 0 Å². The van der Waals surface area contributed by atoms with Crippen molar-refractivity contribution in [1.29, 1.82) is 0 Å². The molecule has 2 aliphatic rings. The molecule has 0 N–H and O–H groups in total. The fourth-order valence-corrected chi connectivity index (χ4v) is 3.80. The molecular weight excluding hydrogens is 286 g/mol. The highest BCUT2D eigenvalue weighted by molar-refractivity contribution is 7.09. The maximum absolute atomic E-state index is 12.5. The first kappa shape index (κ1) is 14.9. The third-order valence-electron chi connectivity index (χ3n) is 4.50. The highest BCUT2D eigenvalue weighted by Crippen LogP contribution is 2.25. The van der Waals surface area contributed by atoms with Crippen LogP contribution in [0.1, 0.15) is 28.8 Å². The number of ether oxygens (including phenoxy) is 1. The lowest BCUT2D eigenvalue weighted by molar-refractivity contribution is -0.0172. The Balaban J connectivity index is 1.65. The van der Waals surface area contributed by atoms with E-state index in [1.54, 1.807) is 0 Å². The minimum absolute atomic E-state index is 0.0537. The smallest absolute Gasteiger partial charge is 0.273 e. The number of carbonyl (C=O) groups excluding carboxylic acids is 1. The quantitative estimate of drug-likeness (QED) is 0.833. The highest BCUT2D eigenvalue weighted by atomic mass is 32.1. The van der Waals surface area contributed by atoms with Gasteiger partial charge in [0, 0.05) is 37.5 Å². The first-order valence-electron chi connectivity index (χ1n) is 7.72. The van der Waals surface area contributed by atoms with Gasteiger partial charge in [-0.05, 0) is 19.9 Å². The van der Waals surface area contributed by atoms with Gasteiger partial charge in [-0.1, -0.05) is 6.92 Å². The normalized spacial score (nSPS) is 27.2. The molecule has 0 aromatic carbocycles. The number of aryl methyl sites for hydroxylation is 1. The molecule has 2 saturated heterocycles. The molecule has 5 nitrogen and oxygen atoms in total. The molecule has 116 valence electrons. The molecule has 2 unspecified atom stereocenters. The van der Waals surface area contributed by atoms with Gasteiger partial charge in [-0.2, -0.15) is 0 Å². The fourth-order valence-electron chi connectivity index (χ4n) is 3.21. The summed E-state index contributed by atoms with van der Waals surface area (Å²) in [7, 11) is 0. The van der Waals surface area contributed by atoms with E-state index < -0.39 is 0 Å². The summed E-state index contributed by atoms with van der Waals surface area (Å²) in [5, 5.41) is 2.80. The summed E-state index contributed by atoms with van der Waals surface area (Å²) in [4.78, 5) is 21.2. The zero-order valence-corrected chi connectivity index (χ0v) is 13.6. The third-order valence-corrected chi connectivity index (χ3v) is 5.27. The largest absolute Gasteiger partial charge is 0.375 e. The number of amides is 1. The lowest BCUT2D eigenvalue weighted by Crippen LogP contribution is -2.49. The molecule has 0 spiro atoms. The van der Waals surface area contributed by atoms with Crippen LogP contribution >= 0.6 is 11.3 Å². The van der Waals surface area contributed by atoms with Crippen LogP contribution < -0.4 is 0 Å². The van der Waals surface area contributed by atoms with Gasteiger partial charge in [0.15, 0.2) is 0 Å². The Bertz CT molecular complexity index is 505. The summed E-state index contributed by atoms with van der Waals surface area (Å²) in [5.74, 6) is 0.603. The average Bonchev–Trinajstić information content (AvgIpc) is 2.82. The standard InChI is InChI=1S/C15H23N3O2S/c1-3-17-6-7-20-14-9-18(5-4-12(14)8-17)15(19)13-10-21-11(2)16-13/h10,12,14H,3-9H2,1-2H3. The van der Waals surface area contributed by atoms with E-state index in [-0.39, 0.29) is 12.0 Å². The van der Waals surface area contributed by atoms with Gasteiger partial charge in [-0.3, -0.25) is 4.79 Å². The van der Waals surface area contributed by atoms with Crippen molar-refractivity contribution in [1.82, 2.24) is 14.8 Å². The zero-order chi connectivity index (χ0) is 14.8. The van der Waals surface area contributed by atoms with Crippen LogP contribution in [0.5, 0.6) is 0 Å². The Kier molecular flexibility index (Phi) is 4.57. The third kappa shape index (κ3) is 3.27. The molecule has 3 heterocycles. The van der Waals surface area contributed by atoms with E-state index >= 15 is 0 Å². The number of nitrogens with zero attached hydrogens (tertiary/aromatic N) is 3. The molecule has 1 aromatic rings. The van der Waals surface area contributed by atoms with Gasteiger partial charge in [0.05, 0.1) is 17.7 Å². The summed E-state index contributed by atoms with van der Waals surface area (Å²) < 4.78 is 6.01. The molecule has 2 fully saturated rings. The van der Waals surface area contributed by atoms with Crippen molar-refractivity contribution in [3.8, 4) is 0 Å².